The molecule has 0 atom stereocenters. The van der Waals surface area contributed by atoms with Crippen molar-refractivity contribution in [1.29, 1.82) is 0 Å². The van der Waals surface area contributed by atoms with Crippen LogP contribution < -0.4 is 20.9 Å². The molecule has 0 aliphatic carbocycles. The molecule has 0 saturated carbocycles. The van der Waals surface area contributed by atoms with Crippen molar-refractivity contribution in [3.05, 3.63) is 65.5 Å². The van der Waals surface area contributed by atoms with E-state index >= 15 is 0 Å². The molecule has 26 heavy (non-hydrogen) atoms. The number of nitrogens with one attached hydrogen (secondary N) is 3. The molecule has 2 aromatic rings. The van der Waals surface area contributed by atoms with Gasteiger partial charge in [-0.3, -0.25) is 15.6 Å². The fraction of sp³-hybridized carbons (Fsp3) is 0.263. The average molecular weight is 375 g/mol. The number of hydrazine groups is 1. The summed E-state index contributed by atoms with van der Waals surface area (Å²) in [6.45, 7) is 2.94. The maximum Gasteiger partial charge on any atom is 0.238 e. The topological polar surface area (TPSA) is 62.4 Å². The van der Waals surface area contributed by atoms with Crippen molar-refractivity contribution in [3.63, 3.8) is 0 Å². The van der Waals surface area contributed by atoms with E-state index < -0.39 is 0 Å². The lowest BCUT2D eigenvalue weighted by atomic mass is 10.1. The molecule has 0 aromatic heterocycles. The number of aryl methyl sites for hydroxylation is 1. The summed E-state index contributed by atoms with van der Waals surface area (Å²) in [6, 6.07) is 13.8. The summed E-state index contributed by atoms with van der Waals surface area (Å²) in [6.07, 6.45) is 0.872. The molecule has 0 aliphatic rings. The van der Waals surface area contributed by atoms with E-state index in [-0.39, 0.29) is 16.8 Å². The molecule has 0 fully saturated rings. The van der Waals surface area contributed by atoms with Gasteiger partial charge in [-0.25, -0.2) is 4.39 Å². The summed E-state index contributed by atoms with van der Waals surface area (Å²) in [4.78, 5) is 12.0. The number of thiocarbonyl (C=S) groups is 1. The zero-order valence-electron chi connectivity index (χ0n) is 14.5. The molecule has 3 N–H and O–H groups in total. The molecule has 0 unspecified atom stereocenters. The van der Waals surface area contributed by atoms with E-state index in [1.54, 1.807) is 12.1 Å². The number of halogens is 1. The van der Waals surface area contributed by atoms with Crippen LogP contribution in [0.3, 0.4) is 0 Å². The van der Waals surface area contributed by atoms with Crippen LogP contribution >= 0.6 is 12.2 Å². The molecule has 0 radical (unpaired) electrons. The molecule has 1 amide bonds. The molecule has 2 rings (SSSR count). The van der Waals surface area contributed by atoms with Crippen LogP contribution in [-0.4, -0.2) is 17.6 Å². The minimum absolute atomic E-state index is 0.178. The van der Waals surface area contributed by atoms with E-state index in [1.807, 2.05) is 31.2 Å². The van der Waals surface area contributed by atoms with Crippen molar-refractivity contribution in [2.24, 2.45) is 0 Å². The smallest absolute Gasteiger partial charge is 0.238 e. The van der Waals surface area contributed by atoms with Gasteiger partial charge in [-0.15, -0.1) is 0 Å². The standard InChI is InChI=1S/C19H22FN3O2S/c1-2-25-17-6-4-3-5-15(17)9-12-18(24)22-23-19(26)21-13-14-7-10-16(20)11-8-14/h3-8,10-11H,2,9,12-13H2,1H3,(H,22,24)(H2,21,23,26). The predicted octanol–water partition coefficient (Wildman–Crippen LogP) is 2.85. The van der Waals surface area contributed by atoms with E-state index in [1.165, 1.54) is 12.1 Å². The number of para-hydroxylation sites is 1. The van der Waals surface area contributed by atoms with Crippen molar-refractivity contribution < 1.29 is 13.9 Å². The Kier molecular flexibility index (Phi) is 7.82. The number of rotatable bonds is 7. The maximum atomic E-state index is 12.8. The van der Waals surface area contributed by atoms with Crippen LogP contribution in [0.2, 0.25) is 0 Å². The van der Waals surface area contributed by atoms with Crippen molar-refractivity contribution in [1.82, 2.24) is 16.2 Å². The molecule has 5 nitrogen and oxygen atoms in total. The highest BCUT2D eigenvalue weighted by atomic mass is 32.1. The Hall–Kier alpha value is -2.67. The number of carbonyl (C=O) groups is 1. The predicted molar refractivity (Wildman–Crippen MR) is 103 cm³/mol. The lowest BCUT2D eigenvalue weighted by Crippen LogP contribution is -2.46. The number of benzene rings is 2. The fourth-order valence-corrected chi connectivity index (χ4v) is 2.40. The highest BCUT2D eigenvalue weighted by molar-refractivity contribution is 7.80. The first-order valence-electron chi connectivity index (χ1n) is 8.36. The second-order valence-corrected chi connectivity index (χ2v) is 5.93. The minimum atomic E-state index is -0.285. The summed E-state index contributed by atoms with van der Waals surface area (Å²) in [5.74, 6) is 0.335. The van der Waals surface area contributed by atoms with Gasteiger partial charge in [-0.2, -0.15) is 0 Å². The van der Waals surface area contributed by atoms with E-state index in [0.29, 0.717) is 26.0 Å². The van der Waals surface area contributed by atoms with Crippen LogP contribution in [0.1, 0.15) is 24.5 Å². The van der Waals surface area contributed by atoms with Crippen molar-refractivity contribution in [3.8, 4) is 5.75 Å². The van der Waals surface area contributed by atoms with E-state index in [2.05, 4.69) is 16.2 Å². The summed E-state index contributed by atoms with van der Waals surface area (Å²) in [5.41, 5.74) is 7.08. The largest absolute Gasteiger partial charge is 0.494 e. The summed E-state index contributed by atoms with van der Waals surface area (Å²) in [5, 5.41) is 3.23. The van der Waals surface area contributed by atoms with Crippen molar-refractivity contribution in [2.75, 3.05) is 6.61 Å². The summed E-state index contributed by atoms with van der Waals surface area (Å²) >= 11 is 5.10. The summed E-state index contributed by atoms with van der Waals surface area (Å²) in [7, 11) is 0. The second kappa shape index (κ2) is 10.4. The molecule has 0 bridgehead atoms. The quantitative estimate of drug-likeness (QED) is 0.513. The zero-order valence-corrected chi connectivity index (χ0v) is 15.4. The van der Waals surface area contributed by atoms with Crippen LogP contribution in [0, 0.1) is 5.82 Å². The van der Waals surface area contributed by atoms with Gasteiger partial charge in [0, 0.05) is 13.0 Å². The Morgan fingerprint density at radius 1 is 1.12 bits per heavy atom. The Morgan fingerprint density at radius 2 is 1.85 bits per heavy atom. The molecule has 0 aliphatic heterocycles. The Labute approximate surface area is 157 Å². The van der Waals surface area contributed by atoms with Gasteiger partial charge in [0.1, 0.15) is 11.6 Å². The second-order valence-electron chi connectivity index (χ2n) is 5.52. The van der Waals surface area contributed by atoms with Crippen LogP contribution in [0.5, 0.6) is 5.75 Å². The minimum Gasteiger partial charge on any atom is -0.494 e. The van der Waals surface area contributed by atoms with E-state index in [9.17, 15) is 9.18 Å². The number of hydrogen-bond donors (Lipinski definition) is 3. The van der Waals surface area contributed by atoms with Crippen molar-refractivity contribution in [2.45, 2.75) is 26.3 Å². The molecule has 0 heterocycles. The fourth-order valence-electron chi connectivity index (χ4n) is 2.27. The van der Waals surface area contributed by atoms with Crippen LogP contribution in [0.4, 0.5) is 4.39 Å². The Balaban J connectivity index is 1.69. The first-order chi connectivity index (χ1) is 12.6. The Bertz CT molecular complexity index is 738. The van der Waals surface area contributed by atoms with Gasteiger partial charge >= 0.3 is 0 Å². The lowest BCUT2D eigenvalue weighted by Gasteiger charge is -2.12. The maximum absolute atomic E-state index is 12.8. The molecule has 138 valence electrons. The van der Waals surface area contributed by atoms with Crippen LogP contribution in [0.25, 0.3) is 0 Å². The zero-order chi connectivity index (χ0) is 18.8. The molecular weight excluding hydrogens is 353 g/mol. The van der Waals surface area contributed by atoms with Crippen LogP contribution in [0.15, 0.2) is 48.5 Å². The number of hydrogen-bond acceptors (Lipinski definition) is 3. The van der Waals surface area contributed by atoms with Gasteiger partial charge in [0.25, 0.3) is 0 Å². The highest BCUT2D eigenvalue weighted by Crippen LogP contribution is 2.19. The van der Waals surface area contributed by atoms with E-state index in [0.717, 1.165) is 16.9 Å². The first-order valence-corrected chi connectivity index (χ1v) is 8.77. The van der Waals surface area contributed by atoms with Gasteiger partial charge in [0.15, 0.2) is 5.11 Å². The van der Waals surface area contributed by atoms with Gasteiger partial charge in [-0.05, 0) is 54.9 Å². The van der Waals surface area contributed by atoms with Gasteiger partial charge in [0.2, 0.25) is 5.91 Å². The lowest BCUT2D eigenvalue weighted by molar-refractivity contribution is -0.121. The SMILES string of the molecule is CCOc1ccccc1CCC(=O)NNC(=S)NCc1ccc(F)cc1. The van der Waals surface area contributed by atoms with Crippen LogP contribution in [-0.2, 0) is 17.8 Å². The van der Waals surface area contributed by atoms with Gasteiger partial charge < -0.3 is 10.1 Å². The first kappa shape index (κ1) is 19.7. The molecular formula is C19H22FN3O2S. The molecule has 7 heteroatoms. The van der Waals surface area contributed by atoms with Gasteiger partial charge in [-0.1, -0.05) is 30.3 Å². The summed E-state index contributed by atoms with van der Waals surface area (Å²) < 4.78 is 18.4. The Morgan fingerprint density at radius 3 is 2.58 bits per heavy atom. The normalized spacial score (nSPS) is 10.1. The molecule has 2 aromatic carbocycles. The third-order valence-electron chi connectivity index (χ3n) is 3.58. The third kappa shape index (κ3) is 6.68. The van der Waals surface area contributed by atoms with Crippen molar-refractivity contribution >= 4 is 23.2 Å². The number of ether oxygens (including phenoxy) is 1. The third-order valence-corrected chi connectivity index (χ3v) is 3.82. The molecule has 0 spiro atoms. The van der Waals surface area contributed by atoms with Gasteiger partial charge in [0.05, 0.1) is 6.61 Å². The number of carbonyl (C=O) groups excluding carboxylic acids is 1. The van der Waals surface area contributed by atoms with E-state index in [4.69, 9.17) is 17.0 Å². The molecule has 0 saturated heterocycles. The highest BCUT2D eigenvalue weighted by Gasteiger charge is 2.07. The monoisotopic (exact) mass is 375 g/mol. The number of amides is 1. The average Bonchev–Trinajstić information content (AvgIpc) is 2.65.